The first-order chi connectivity index (χ1) is 8.70. The number of hydrogen-bond donors (Lipinski definition) is 1. The molecule has 3 fully saturated rings. The van der Waals surface area contributed by atoms with E-state index >= 15 is 0 Å². The van der Waals surface area contributed by atoms with Crippen molar-refractivity contribution in [2.45, 2.75) is 63.9 Å². The Morgan fingerprint density at radius 3 is 2.42 bits per heavy atom. The molecule has 4 atom stereocenters. The molecule has 0 radical (unpaired) electrons. The van der Waals surface area contributed by atoms with Crippen LogP contribution in [0.4, 0.5) is 9.18 Å². The van der Waals surface area contributed by atoms with Gasteiger partial charge < -0.3 is 9.84 Å². The molecule has 2 aliphatic heterocycles. The number of carbonyl (C=O) groups excluding carboxylic acids is 1. The average molecular weight is 273 g/mol. The van der Waals surface area contributed by atoms with Crippen LogP contribution in [-0.4, -0.2) is 45.9 Å². The standard InChI is InChI=1S/C13H20FNO4/c1-13(2,3)19-12(18)15-7-4-5-8(9(14)6-7)10(15)11(16)17/h7-10H,4-6H2,1-3H3,(H,16,17)/t7?,8?,9-,10+/m1/s1. The molecule has 1 aliphatic carbocycles. The molecular formula is C13H20FNO4. The van der Waals surface area contributed by atoms with Gasteiger partial charge in [-0.3, -0.25) is 4.90 Å². The Labute approximate surface area is 111 Å². The topological polar surface area (TPSA) is 66.8 Å². The number of fused-ring (bicyclic) bond motifs is 3. The lowest BCUT2D eigenvalue weighted by Crippen LogP contribution is -2.64. The van der Waals surface area contributed by atoms with Gasteiger partial charge in [-0.25, -0.2) is 14.0 Å². The number of piperidine rings is 2. The molecule has 2 bridgehead atoms. The summed E-state index contributed by atoms with van der Waals surface area (Å²) in [7, 11) is 0. The Bertz CT molecular complexity index is 393. The van der Waals surface area contributed by atoms with Gasteiger partial charge in [0.05, 0.1) is 0 Å². The summed E-state index contributed by atoms with van der Waals surface area (Å²) in [6.07, 6.45) is -0.413. The lowest BCUT2D eigenvalue weighted by molar-refractivity contribution is -0.156. The van der Waals surface area contributed by atoms with Gasteiger partial charge in [0.25, 0.3) is 0 Å². The third-order valence-electron chi connectivity index (χ3n) is 3.75. The summed E-state index contributed by atoms with van der Waals surface area (Å²) >= 11 is 0. The monoisotopic (exact) mass is 273 g/mol. The smallest absolute Gasteiger partial charge is 0.411 e. The molecule has 2 unspecified atom stereocenters. The SMILES string of the molecule is CC(C)(C)OC(=O)N1C2CCC([C@H](F)C2)[C@H]1C(=O)O. The molecule has 108 valence electrons. The number of halogens is 1. The first-order valence-corrected chi connectivity index (χ1v) is 6.59. The molecule has 6 heteroatoms. The van der Waals surface area contributed by atoms with E-state index in [0.29, 0.717) is 12.8 Å². The van der Waals surface area contributed by atoms with E-state index in [1.54, 1.807) is 20.8 Å². The Hall–Kier alpha value is -1.33. The molecule has 1 amide bonds. The summed E-state index contributed by atoms with van der Waals surface area (Å²) in [5.41, 5.74) is -0.689. The van der Waals surface area contributed by atoms with Crippen molar-refractivity contribution in [2.75, 3.05) is 0 Å². The molecule has 2 heterocycles. The highest BCUT2D eigenvalue weighted by Crippen LogP contribution is 2.42. The molecule has 3 rings (SSSR count). The van der Waals surface area contributed by atoms with Crippen LogP contribution < -0.4 is 0 Å². The number of nitrogens with zero attached hydrogens (tertiary/aromatic N) is 1. The van der Waals surface area contributed by atoms with Gasteiger partial charge in [-0.15, -0.1) is 0 Å². The quantitative estimate of drug-likeness (QED) is 0.795. The van der Waals surface area contributed by atoms with Crippen molar-refractivity contribution in [1.29, 1.82) is 0 Å². The Morgan fingerprint density at radius 1 is 1.32 bits per heavy atom. The van der Waals surface area contributed by atoms with E-state index in [9.17, 15) is 19.1 Å². The van der Waals surface area contributed by atoms with Gasteiger partial charge in [0.15, 0.2) is 0 Å². The number of carbonyl (C=O) groups is 2. The van der Waals surface area contributed by atoms with E-state index in [4.69, 9.17) is 4.74 Å². The summed E-state index contributed by atoms with van der Waals surface area (Å²) in [6.45, 7) is 5.17. The van der Waals surface area contributed by atoms with Crippen molar-refractivity contribution in [3.63, 3.8) is 0 Å². The Kier molecular flexibility index (Phi) is 3.45. The fourth-order valence-electron chi connectivity index (χ4n) is 3.04. The maximum atomic E-state index is 13.8. The van der Waals surface area contributed by atoms with Crippen LogP contribution in [0.15, 0.2) is 0 Å². The molecule has 1 N–H and O–H groups in total. The molecular weight excluding hydrogens is 253 g/mol. The van der Waals surface area contributed by atoms with Crippen LogP contribution in [0, 0.1) is 5.92 Å². The fraction of sp³-hybridized carbons (Fsp3) is 0.846. The molecule has 0 aromatic carbocycles. The van der Waals surface area contributed by atoms with Crippen LogP contribution in [0.25, 0.3) is 0 Å². The average Bonchev–Trinajstić information content (AvgIpc) is 2.25. The maximum Gasteiger partial charge on any atom is 0.411 e. The molecule has 1 saturated carbocycles. The molecule has 5 nitrogen and oxygen atoms in total. The van der Waals surface area contributed by atoms with Crippen molar-refractivity contribution in [1.82, 2.24) is 4.90 Å². The number of alkyl halides is 1. The number of amides is 1. The van der Waals surface area contributed by atoms with Crippen LogP contribution in [0.3, 0.4) is 0 Å². The highest BCUT2D eigenvalue weighted by Gasteiger charge is 2.53. The van der Waals surface area contributed by atoms with Crippen molar-refractivity contribution < 1.29 is 23.8 Å². The second-order valence-corrected chi connectivity index (χ2v) is 6.32. The first-order valence-electron chi connectivity index (χ1n) is 6.59. The van der Waals surface area contributed by atoms with Gasteiger partial charge >= 0.3 is 12.1 Å². The van der Waals surface area contributed by atoms with Gasteiger partial charge in [0, 0.05) is 12.0 Å². The lowest BCUT2D eigenvalue weighted by atomic mass is 9.73. The fourth-order valence-corrected chi connectivity index (χ4v) is 3.04. The van der Waals surface area contributed by atoms with E-state index in [2.05, 4.69) is 0 Å². The zero-order valence-corrected chi connectivity index (χ0v) is 11.4. The summed E-state index contributed by atoms with van der Waals surface area (Å²) in [4.78, 5) is 24.7. The van der Waals surface area contributed by atoms with E-state index in [-0.39, 0.29) is 12.5 Å². The van der Waals surface area contributed by atoms with Crippen molar-refractivity contribution >= 4 is 12.1 Å². The number of carboxylic acids is 1. The largest absolute Gasteiger partial charge is 0.480 e. The maximum absolute atomic E-state index is 13.8. The van der Waals surface area contributed by atoms with Crippen LogP contribution in [-0.2, 0) is 9.53 Å². The second-order valence-electron chi connectivity index (χ2n) is 6.32. The van der Waals surface area contributed by atoms with Gasteiger partial charge in [-0.2, -0.15) is 0 Å². The minimum atomic E-state index is -1.15. The van der Waals surface area contributed by atoms with Gasteiger partial charge in [-0.1, -0.05) is 0 Å². The van der Waals surface area contributed by atoms with E-state index in [1.807, 2.05) is 0 Å². The Balaban J connectivity index is 2.22. The van der Waals surface area contributed by atoms with Crippen LogP contribution in [0.2, 0.25) is 0 Å². The van der Waals surface area contributed by atoms with E-state index < -0.39 is 35.8 Å². The predicted molar refractivity (Wildman–Crippen MR) is 65.5 cm³/mol. The minimum Gasteiger partial charge on any atom is -0.480 e. The van der Waals surface area contributed by atoms with Gasteiger partial charge in [0.1, 0.15) is 17.8 Å². The highest BCUT2D eigenvalue weighted by atomic mass is 19.1. The summed E-state index contributed by atoms with van der Waals surface area (Å²) < 4.78 is 19.1. The van der Waals surface area contributed by atoms with Gasteiger partial charge in [-0.05, 0) is 40.0 Å². The molecule has 19 heavy (non-hydrogen) atoms. The van der Waals surface area contributed by atoms with Crippen molar-refractivity contribution in [3.05, 3.63) is 0 Å². The predicted octanol–water partition coefficient (Wildman–Crippen LogP) is 2.20. The highest BCUT2D eigenvalue weighted by molar-refractivity contribution is 5.81. The summed E-state index contributed by atoms with van der Waals surface area (Å²) in [5.74, 6) is -1.77. The minimum absolute atomic E-state index is 0.216. The van der Waals surface area contributed by atoms with Crippen LogP contribution in [0.5, 0.6) is 0 Å². The number of aliphatic carboxylic acids is 1. The zero-order valence-electron chi connectivity index (χ0n) is 11.4. The Morgan fingerprint density at radius 2 is 1.95 bits per heavy atom. The zero-order chi connectivity index (χ0) is 14.4. The van der Waals surface area contributed by atoms with Crippen LogP contribution in [0.1, 0.15) is 40.0 Å². The summed E-state index contributed by atoms with van der Waals surface area (Å²) in [6, 6.07) is -1.46. The van der Waals surface area contributed by atoms with E-state index in [0.717, 1.165) is 0 Å². The van der Waals surface area contributed by atoms with E-state index in [1.165, 1.54) is 4.90 Å². The normalized spacial score (nSPS) is 34.2. The molecule has 0 spiro atoms. The van der Waals surface area contributed by atoms with Crippen molar-refractivity contribution in [3.8, 4) is 0 Å². The second kappa shape index (κ2) is 4.65. The molecule has 2 saturated heterocycles. The molecule has 0 aromatic rings. The third kappa shape index (κ3) is 2.67. The van der Waals surface area contributed by atoms with Gasteiger partial charge in [0.2, 0.25) is 0 Å². The molecule has 3 aliphatic rings. The number of hydrogen-bond acceptors (Lipinski definition) is 3. The number of rotatable bonds is 1. The third-order valence-corrected chi connectivity index (χ3v) is 3.75. The van der Waals surface area contributed by atoms with Crippen LogP contribution >= 0.6 is 0 Å². The lowest BCUT2D eigenvalue weighted by Gasteiger charge is -2.50. The number of carboxylic acid groups (broad SMARTS) is 1. The first kappa shape index (κ1) is 14.1. The summed E-state index contributed by atoms with van der Waals surface area (Å²) in [5, 5.41) is 9.28. The van der Waals surface area contributed by atoms with Crippen molar-refractivity contribution in [2.24, 2.45) is 5.92 Å². The number of ether oxygens (including phenoxy) is 1. The molecule has 0 aromatic heterocycles.